The summed E-state index contributed by atoms with van der Waals surface area (Å²) < 4.78 is 17.2. The van der Waals surface area contributed by atoms with Crippen molar-refractivity contribution in [2.45, 2.75) is 38.8 Å². The Morgan fingerprint density at radius 3 is 2.43 bits per heavy atom. The Morgan fingerprint density at radius 2 is 1.90 bits per heavy atom. The maximum Gasteiger partial charge on any atom is 0.141 e. The quantitative estimate of drug-likeness (QED) is 0.724. The molecule has 0 radical (unpaired) electrons. The van der Waals surface area contributed by atoms with E-state index in [9.17, 15) is 0 Å². The molecule has 0 aliphatic carbocycles. The van der Waals surface area contributed by atoms with E-state index in [1.807, 2.05) is 6.07 Å². The van der Waals surface area contributed by atoms with Crippen LogP contribution in [0.4, 0.5) is 0 Å². The number of nitrogens with one attached hydrogen (secondary N) is 1. The molecule has 0 saturated carbocycles. The molecule has 0 aliphatic rings. The number of ether oxygens (including phenoxy) is 3. The summed E-state index contributed by atoms with van der Waals surface area (Å²) in [5.74, 6) is 1.58. The molecule has 0 fully saturated rings. The van der Waals surface area contributed by atoms with Gasteiger partial charge in [0.15, 0.2) is 0 Å². The van der Waals surface area contributed by atoms with E-state index in [-0.39, 0.29) is 12.1 Å². The summed E-state index contributed by atoms with van der Waals surface area (Å²) in [6.07, 6.45) is 2.13. The predicted octanol–water partition coefficient (Wildman–Crippen LogP) is 3.93. The van der Waals surface area contributed by atoms with Crippen molar-refractivity contribution in [2.75, 3.05) is 27.9 Å². The highest BCUT2D eigenvalue weighted by molar-refractivity contribution is 9.10. The van der Waals surface area contributed by atoms with Crippen molar-refractivity contribution in [2.24, 2.45) is 0 Å². The zero-order valence-corrected chi connectivity index (χ0v) is 15.1. The highest BCUT2D eigenvalue weighted by Crippen LogP contribution is 2.40. The van der Waals surface area contributed by atoms with Gasteiger partial charge in [0.1, 0.15) is 16.0 Å². The normalized spacial score (nSPS) is 13.8. The molecule has 0 heterocycles. The Bertz CT molecular complexity index is 440. The van der Waals surface area contributed by atoms with Crippen LogP contribution in [-0.4, -0.2) is 34.0 Å². The van der Waals surface area contributed by atoms with Gasteiger partial charge in [-0.2, -0.15) is 0 Å². The van der Waals surface area contributed by atoms with Gasteiger partial charge in [0.2, 0.25) is 0 Å². The molecule has 4 nitrogen and oxygen atoms in total. The van der Waals surface area contributed by atoms with E-state index >= 15 is 0 Å². The summed E-state index contributed by atoms with van der Waals surface area (Å²) in [7, 11) is 5.07. The molecule has 5 heteroatoms. The first kappa shape index (κ1) is 18.3. The molecule has 1 rings (SSSR count). The van der Waals surface area contributed by atoms with Crippen LogP contribution < -0.4 is 14.8 Å². The monoisotopic (exact) mass is 359 g/mol. The lowest BCUT2D eigenvalue weighted by Gasteiger charge is -2.25. The van der Waals surface area contributed by atoms with Gasteiger partial charge in [0, 0.05) is 18.7 Å². The highest BCUT2D eigenvalue weighted by atomic mass is 79.9. The van der Waals surface area contributed by atoms with Gasteiger partial charge >= 0.3 is 0 Å². The Morgan fingerprint density at radius 1 is 1.19 bits per heavy atom. The summed E-state index contributed by atoms with van der Waals surface area (Å²) in [6.45, 7) is 5.19. The maximum atomic E-state index is 5.59. The first-order valence-electron chi connectivity index (χ1n) is 7.25. The lowest BCUT2D eigenvalue weighted by atomic mass is 9.99. The van der Waals surface area contributed by atoms with Crippen molar-refractivity contribution in [1.29, 1.82) is 0 Å². The van der Waals surface area contributed by atoms with Gasteiger partial charge < -0.3 is 19.5 Å². The van der Waals surface area contributed by atoms with Gasteiger partial charge in [-0.25, -0.2) is 0 Å². The second-order valence-corrected chi connectivity index (χ2v) is 5.79. The summed E-state index contributed by atoms with van der Waals surface area (Å²) in [4.78, 5) is 0. The minimum Gasteiger partial charge on any atom is -0.495 e. The number of hydrogen-bond donors (Lipinski definition) is 1. The SMILES string of the molecule is CCCNC(CC(C)OC)c1ccc(OC)c(Br)c1OC. The smallest absolute Gasteiger partial charge is 0.141 e. The number of rotatable bonds is 9. The predicted molar refractivity (Wildman–Crippen MR) is 89.4 cm³/mol. The van der Waals surface area contributed by atoms with Crippen molar-refractivity contribution in [3.05, 3.63) is 22.2 Å². The first-order valence-corrected chi connectivity index (χ1v) is 8.04. The van der Waals surface area contributed by atoms with Crippen LogP contribution in [0.3, 0.4) is 0 Å². The van der Waals surface area contributed by atoms with Gasteiger partial charge in [-0.3, -0.25) is 0 Å². The molecule has 21 heavy (non-hydrogen) atoms. The first-order chi connectivity index (χ1) is 10.1. The molecule has 0 aromatic heterocycles. The molecule has 1 aromatic carbocycles. The number of halogens is 1. The summed E-state index contributed by atoms with van der Waals surface area (Å²) in [6, 6.07) is 4.19. The average Bonchev–Trinajstić information content (AvgIpc) is 2.50. The Labute approximate surface area is 136 Å². The van der Waals surface area contributed by atoms with E-state index in [1.54, 1.807) is 21.3 Å². The molecule has 0 saturated heterocycles. The summed E-state index contributed by atoms with van der Waals surface area (Å²) in [5, 5.41) is 3.57. The van der Waals surface area contributed by atoms with E-state index < -0.39 is 0 Å². The van der Waals surface area contributed by atoms with Crippen LogP contribution in [0.15, 0.2) is 16.6 Å². The standard InChI is InChI=1S/C16H26BrNO3/c1-6-9-18-13(10-11(2)19-3)12-7-8-14(20-4)15(17)16(12)21-5/h7-8,11,13,18H,6,9-10H2,1-5H3. The molecule has 1 aromatic rings. The van der Waals surface area contributed by atoms with Crippen molar-refractivity contribution < 1.29 is 14.2 Å². The fourth-order valence-electron chi connectivity index (χ4n) is 2.26. The van der Waals surface area contributed by atoms with Crippen molar-refractivity contribution in [3.63, 3.8) is 0 Å². The lowest BCUT2D eigenvalue weighted by molar-refractivity contribution is 0.100. The maximum absolute atomic E-state index is 5.59. The molecular formula is C16H26BrNO3. The van der Waals surface area contributed by atoms with Crippen LogP contribution >= 0.6 is 15.9 Å². The average molecular weight is 360 g/mol. The van der Waals surface area contributed by atoms with Crippen LogP contribution in [0.2, 0.25) is 0 Å². The third kappa shape index (κ3) is 4.87. The third-order valence-corrected chi connectivity index (χ3v) is 4.25. The van der Waals surface area contributed by atoms with Crippen LogP contribution in [0.5, 0.6) is 11.5 Å². The van der Waals surface area contributed by atoms with Gasteiger partial charge in [-0.15, -0.1) is 0 Å². The minimum atomic E-state index is 0.171. The zero-order chi connectivity index (χ0) is 15.8. The Balaban J connectivity index is 3.13. The van der Waals surface area contributed by atoms with E-state index in [2.05, 4.69) is 41.2 Å². The van der Waals surface area contributed by atoms with Crippen molar-refractivity contribution in [1.82, 2.24) is 5.32 Å². The molecule has 120 valence electrons. The van der Waals surface area contributed by atoms with Crippen LogP contribution in [0.1, 0.15) is 38.3 Å². The van der Waals surface area contributed by atoms with Crippen LogP contribution in [0.25, 0.3) is 0 Å². The van der Waals surface area contributed by atoms with E-state index in [4.69, 9.17) is 14.2 Å². The zero-order valence-electron chi connectivity index (χ0n) is 13.5. The third-order valence-electron chi connectivity index (χ3n) is 3.50. The molecule has 2 unspecified atom stereocenters. The Hall–Kier alpha value is -0.780. The lowest BCUT2D eigenvalue weighted by Crippen LogP contribution is -2.26. The molecule has 1 N–H and O–H groups in total. The second-order valence-electron chi connectivity index (χ2n) is 4.99. The second kappa shape index (κ2) is 9.28. The number of methoxy groups -OCH3 is 3. The molecule has 0 spiro atoms. The Kier molecular flexibility index (Phi) is 8.07. The van der Waals surface area contributed by atoms with Crippen molar-refractivity contribution >= 4 is 15.9 Å². The largest absolute Gasteiger partial charge is 0.495 e. The fraction of sp³-hybridized carbons (Fsp3) is 0.625. The van der Waals surface area contributed by atoms with E-state index in [0.717, 1.165) is 40.9 Å². The number of benzene rings is 1. The summed E-state index contributed by atoms with van der Waals surface area (Å²) in [5.41, 5.74) is 1.11. The minimum absolute atomic E-state index is 0.171. The van der Waals surface area contributed by atoms with E-state index in [1.165, 1.54) is 0 Å². The van der Waals surface area contributed by atoms with Gasteiger partial charge in [0.05, 0.1) is 20.3 Å². The molecule has 0 aliphatic heterocycles. The van der Waals surface area contributed by atoms with Crippen LogP contribution in [0, 0.1) is 0 Å². The van der Waals surface area contributed by atoms with Crippen molar-refractivity contribution in [3.8, 4) is 11.5 Å². The van der Waals surface area contributed by atoms with Gasteiger partial charge in [-0.1, -0.05) is 6.92 Å². The molecule has 2 atom stereocenters. The molecular weight excluding hydrogens is 334 g/mol. The molecule has 0 bridgehead atoms. The van der Waals surface area contributed by atoms with Gasteiger partial charge in [0.25, 0.3) is 0 Å². The topological polar surface area (TPSA) is 39.7 Å². The van der Waals surface area contributed by atoms with Gasteiger partial charge in [-0.05, 0) is 54.4 Å². The fourth-order valence-corrected chi connectivity index (χ4v) is 2.94. The molecule has 0 amide bonds. The highest BCUT2D eigenvalue weighted by Gasteiger charge is 2.21. The van der Waals surface area contributed by atoms with E-state index in [0.29, 0.717) is 0 Å². The summed E-state index contributed by atoms with van der Waals surface area (Å²) >= 11 is 3.56. The van der Waals surface area contributed by atoms with Crippen LogP contribution in [-0.2, 0) is 4.74 Å². The number of hydrogen-bond acceptors (Lipinski definition) is 4.